The molecular weight excluding hydrogens is 1160 g/mol. The Morgan fingerprint density at radius 2 is 0.477 bits per heavy atom. The fraction of sp³-hybridized carbons (Fsp3) is 0.942. The molecule has 522 valence electrons. The van der Waals surface area contributed by atoms with E-state index in [1.165, 1.54) is 135 Å². The van der Waals surface area contributed by atoms with Crippen molar-refractivity contribution < 1.29 is 80.2 Å². The van der Waals surface area contributed by atoms with Crippen LogP contribution in [0.3, 0.4) is 0 Å². The summed E-state index contributed by atoms with van der Waals surface area (Å²) in [5, 5.41) is 10.6. The van der Waals surface area contributed by atoms with E-state index in [0.717, 1.165) is 114 Å². The molecule has 0 amide bonds. The minimum atomic E-state index is -4.95. The molecule has 19 heteroatoms. The molecular formula is C69H134O17P2. The van der Waals surface area contributed by atoms with Gasteiger partial charge in [0.1, 0.15) is 19.3 Å². The number of aliphatic hydroxyl groups is 1. The van der Waals surface area contributed by atoms with Gasteiger partial charge in [0.15, 0.2) is 12.2 Å². The average molecular weight is 1300 g/mol. The van der Waals surface area contributed by atoms with Gasteiger partial charge < -0.3 is 33.8 Å². The number of hydrogen-bond donors (Lipinski definition) is 3. The smallest absolute Gasteiger partial charge is 0.462 e. The Hall–Kier alpha value is -1.94. The van der Waals surface area contributed by atoms with Crippen molar-refractivity contribution in [3.8, 4) is 0 Å². The van der Waals surface area contributed by atoms with Crippen molar-refractivity contribution in [2.45, 2.75) is 356 Å². The number of hydrogen-bond acceptors (Lipinski definition) is 15. The zero-order valence-electron chi connectivity index (χ0n) is 57.3. The molecule has 0 aromatic carbocycles. The normalized spacial score (nSPS) is 14.3. The summed E-state index contributed by atoms with van der Waals surface area (Å²) in [6.07, 6.45) is 40.4. The summed E-state index contributed by atoms with van der Waals surface area (Å²) < 4.78 is 68.2. The van der Waals surface area contributed by atoms with E-state index >= 15 is 0 Å². The average Bonchev–Trinajstić information content (AvgIpc) is 3.53. The van der Waals surface area contributed by atoms with Gasteiger partial charge in [0.25, 0.3) is 0 Å². The van der Waals surface area contributed by atoms with Gasteiger partial charge >= 0.3 is 39.5 Å². The maximum Gasteiger partial charge on any atom is 0.472 e. The molecule has 5 atom stereocenters. The van der Waals surface area contributed by atoms with Crippen molar-refractivity contribution in [1.82, 2.24) is 0 Å². The monoisotopic (exact) mass is 1300 g/mol. The van der Waals surface area contributed by atoms with Crippen LogP contribution >= 0.6 is 15.6 Å². The van der Waals surface area contributed by atoms with Gasteiger partial charge in [-0.15, -0.1) is 0 Å². The third-order valence-electron chi connectivity index (χ3n) is 15.8. The zero-order chi connectivity index (χ0) is 65.4. The molecule has 0 fully saturated rings. The molecule has 2 unspecified atom stereocenters. The van der Waals surface area contributed by atoms with E-state index < -0.39 is 97.5 Å². The second-order valence-electron chi connectivity index (χ2n) is 26.8. The zero-order valence-corrected chi connectivity index (χ0v) is 59.1. The van der Waals surface area contributed by atoms with Crippen LogP contribution in [0.2, 0.25) is 0 Å². The number of carbonyl (C=O) groups is 4. The molecule has 0 aromatic heterocycles. The Balaban J connectivity index is 5.25. The molecule has 0 saturated heterocycles. The molecule has 0 aliphatic rings. The van der Waals surface area contributed by atoms with Gasteiger partial charge in [0, 0.05) is 25.7 Å². The lowest BCUT2D eigenvalue weighted by molar-refractivity contribution is -0.161. The number of rotatable bonds is 66. The molecule has 0 rings (SSSR count). The van der Waals surface area contributed by atoms with Gasteiger partial charge in [-0.1, -0.05) is 287 Å². The molecule has 0 radical (unpaired) electrons. The largest absolute Gasteiger partial charge is 0.472 e. The Morgan fingerprint density at radius 1 is 0.284 bits per heavy atom. The lowest BCUT2D eigenvalue weighted by atomic mass is 10.0. The van der Waals surface area contributed by atoms with Gasteiger partial charge in [-0.25, -0.2) is 9.13 Å². The highest BCUT2D eigenvalue weighted by Crippen LogP contribution is 2.45. The predicted molar refractivity (Wildman–Crippen MR) is 354 cm³/mol. The molecule has 0 heterocycles. The van der Waals surface area contributed by atoms with Crippen LogP contribution in [0.15, 0.2) is 0 Å². The molecule has 17 nitrogen and oxygen atoms in total. The van der Waals surface area contributed by atoms with Crippen molar-refractivity contribution >= 4 is 39.5 Å². The summed E-state index contributed by atoms with van der Waals surface area (Å²) in [5.41, 5.74) is 0. The van der Waals surface area contributed by atoms with Crippen molar-refractivity contribution in [1.29, 1.82) is 0 Å². The molecule has 0 aromatic rings. The number of unbranched alkanes of at least 4 members (excludes halogenated alkanes) is 32. The van der Waals surface area contributed by atoms with Crippen LogP contribution in [0.25, 0.3) is 0 Å². The second-order valence-corrected chi connectivity index (χ2v) is 29.7. The second kappa shape index (κ2) is 58.8. The maximum absolute atomic E-state index is 13.0. The maximum atomic E-state index is 13.0. The Bertz CT molecular complexity index is 1750. The fourth-order valence-electron chi connectivity index (χ4n) is 10.3. The van der Waals surface area contributed by atoms with Gasteiger partial charge in [-0.05, 0) is 49.4 Å². The topological polar surface area (TPSA) is 237 Å². The highest BCUT2D eigenvalue weighted by atomic mass is 31.2. The van der Waals surface area contributed by atoms with Gasteiger partial charge in [-0.3, -0.25) is 37.3 Å². The first-order valence-electron chi connectivity index (χ1n) is 35.7. The van der Waals surface area contributed by atoms with Crippen LogP contribution in [0, 0.1) is 23.7 Å². The predicted octanol–water partition coefficient (Wildman–Crippen LogP) is 19.3. The molecule has 0 aliphatic heterocycles. The summed E-state index contributed by atoms with van der Waals surface area (Å²) in [7, 11) is -9.90. The van der Waals surface area contributed by atoms with Crippen LogP contribution in [0.4, 0.5) is 0 Å². The molecule has 3 N–H and O–H groups in total. The van der Waals surface area contributed by atoms with Crippen LogP contribution in [0.1, 0.15) is 338 Å². The third-order valence-corrected chi connectivity index (χ3v) is 17.7. The minimum absolute atomic E-state index is 0.105. The minimum Gasteiger partial charge on any atom is -0.462 e. The van der Waals surface area contributed by atoms with Crippen LogP contribution in [0.5, 0.6) is 0 Å². The van der Waals surface area contributed by atoms with Gasteiger partial charge in [0.05, 0.1) is 26.4 Å². The highest BCUT2D eigenvalue weighted by molar-refractivity contribution is 7.47. The first-order valence-corrected chi connectivity index (χ1v) is 38.7. The van der Waals surface area contributed by atoms with Crippen molar-refractivity contribution in [2.24, 2.45) is 23.7 Å². The third kappa shape index (κ3) is 62.8. The quantitative estimate of drug-likeness (QED) is 0.0222. The van der Waals surface area contributed by atoms with Crippen LogP contribution in [-0.2, 0) is 65.4 Å². The molecule has 0 aliphatic carbocycles. The lowest BCUT2D eigenvalue weighted by Gasteiger charge is -2.21. The molecule has 0 bridgehead atoms. The van der Waals surface area contributed by atoms with E-state index in [1.54, 1.807) is 0 Å². The van der Waals surface area contributed by atoms with E-state index in [9.17, 15) is 43.2 Å². The Kier molecular flexibility index (Phi) is 57.6. The van der Waals surface area contributed by atoms with Crippen molar-refractivity contribution in [3.05, 3.63) is 0 Å². The number of ether oxygens (including phenoxy) is 4. The summed E-state index contributed by atoms with van der Waals surface area (Å²) in [5.74, 6) is 0.804. The van der Waals surface area contributed by atoms with Gasteiger partial charge in [-0.2, -0.15) is 0 Å². The first-order chi connectivity index (χ1) is 42.1. The summed E-state index contributed by atoms with van der Waals surface area (Å²) in [6, 6.07) is 0. The van der Waals surface area contributed by atoms with E-state index in [0.29, 0.717) is 31.6 Å². The van der Waals surface area contributed by atoms with E-state index in [4.69, 9.17) is 37.0 Å². The molecule has 0 saturated carbocycles. The lowest BCUT2D eigenvalue weighted by Crippen LogP contribution is -2.30. The summed E-state index contributed by atoms with van der Waals surface area (Å²) >= 11 is 0. The van der Waals surface area contributed by atoms with Gasteiger partial charge in [0.2, 0.25) is 0 Å². The highest BCUT2D eigenvalue weighted by Gasteiger charge is 2.30. The number of phosphoric acid groups is 2. The molecule has 0 spiro atoms. The SMILES string of the molecule is CC(C)CCCCCCCCCCCCCC(=O)O[C@H](COC(=O)CCCCCCCCCCC(C)C)COP(=O)(O)OC[C@@H](O)COP(=O)(O)OC[C@@H](COC(=O)CCCCCCCCC(C)C)OC(=O)CCCCCCCCCCCCCC(C)C. The number of phosphoric ester groups is 2. The van der Waals surface area contributed by atoms with Crippen molar-refractivity contribution in [2.75, 3.05) is 39.6 Å². The van der Waals surface area contributed by atoms with Crippen molar-refractivity contribution in [3.63, 3.8) is 0 Å². The van der Waals surface area contributed by atoms with Crippen LogP contribution in [-0.4, -0.2) is 96.7 Å². The number of aliphatic hydroxyl groups excluding tert-OH is 1. The van der Waals surface area contributed by atoms with E-state index in [2.05, 4.69) is 55.4 Å². The standard InChI is InChI=1S/C69H134O17P2/c1-59(2)45-37-29-21-15-11-9-13-17-25-35-43-51-68(73)85-64(55-79-66(71)49-41-33-24-20-19-23-31-39-47-61(5)6)57-83-87(75,76)81-53-63(70)54-82-88(77,78)84-58-65(56-80-67(72)50-42-34-28-27-32-40-48-62(7)8)86-69(74)52-44-36-26-18-14-10-12-16-22-30-38-46-60(3)4/h59-65,70H,9-58H2,1-8H3,(H,75,76)(H,77,78)/t63-,64-,65-/m1/s1. The Morgan fingerprint density at radius 3 is 0.705 bits per heavy atom. The Labute approximate surface area is 537 Å². The first kappa shape index (κ1) is 86.1. The number of carbonyl (C=O) groups excluding carboxylic acids is 4. The van der Waals surface area contributed by atoms with E-state index in [1.807, 2.05) is 0 Å². The summed E-state index contributed by atoms with van der Waals surface area (Å²) in [6.45, 7) is 14.0. The number of esters is 4. The molecule has 88 heavy (non-hydrogen) atoms. The summed E-state index contributed by atoms with van der Waals surface area (Å²) in [4.78, 5) is 72.5. The fourth-order valence-corrected chi connectivity index (χ4v) is 11.9. The van der Waals surface area contributed by atoms with E-state index in [-0.39, 0.29) is 25.7 Å². The van der Waals surface area contributed by atoms with Crippen LogP contribution < -0.4 is 0 Å².